The fraction of sp³-hybridized carbons (Fsp3) is 0.333. The number of nitrogens with one attached hydrogen (secondary N) is 1. The summed E-state index contributed by atoms with van der Waals surface area (Å²) in [6.45, 7) is 3.88. The first-order valence-electron chi connectivity index (χ1n) is 9.48. The summed E-state index contributed by atoms with van der Waals surface area (Å²) in [6, 6.07) is 12.0. The van der Waals surface area contributed by atoms with Gasteiger partial charge in [-0.25, -0.2) is 8.42 Å². The van der Waals surface area contributed by atoms with Crippen LogP contribution < -0.4 is 10.1 Å². The number of hydrogen-bond donors (Lipinski definition) is 1. The molecule has 0 bridgehead atoms. The zero-order chi connectivity index (χ0) is 21.0. The lowest BCUT2D eigenvalue weighted by molar-refractivity contribution is -0.131. The molecule has 0 aromatic heterocycles. The van der Waals surface area contributed by atoms with Crippen molar-refractivity contribution in [3.63, 3.8) is 0 Å². The summed E-state index contributed by atoms with van der Waals surface area (Å²) in [5.74, 6) is -0.598. The van der Waals surface area contributed by atoms with Gasteiger partial charge in [-0.3, -0.25) is 9.59 Å². The van der Waals surface area contributed by atoms with Crippen molar-refractivity contribution >= 4 is 27.6 Å². The van der Waals surface area contributed by atoms with Crippen molar-refractivity contribution in [2.45, 2.75) is 33.2 Å². The molecule has 1 heterocycles. The van der Waals surface area contributed by atoms with Crippen molar-refractivity contribution in [3.05, 3.63) is 59.2 Å². The second-order valence-corrected chi connectivity index (χ2v) is 9.02. The third kappa shape index (κ3) is 5.02. The average molecular weight is 416 g/mol. The van der Waals surface area contributed by atoms with Gasteiger partial charge in [-0.15, -0.1) is 0 Å². The first kappa shape index (κ1) is 21.0. The first-order valence-corrected chi connectivity index (χ1v) is 11.1. The number of carbonyl (C=O) groups is 2. The molecule has 8 heteroatoms. The largest absolute Gasteiger partial charge is 0.426 e. The zero-order valence-corrected chi connectivity index (χ0v) is 17.3. The van der Waals surface area contributed by atoms with Gasteiger partial charge in [0.15, 0.2) is 0 Å². The van der Waals surface area contributed by atoms with Gasteiger partial charge in [0.05, 0.1) is 11.3 Å². The van der Waals surface area contributed by atoms with E-state index in [9.17, 15) is 18.0 Å². The van der Waals surface area contributed by atoms with E-state index in [4.69, 9.17) is 4.74 Å². The Morgan fingerprint density at radius 1 is 1.14 bits per heavy atom. The summed E-state index contributed by atoms with van der Waals surface area (Å²) in [5, 5.41) is 2.80. The number of anilines is 1. The van der Waals surface area contributed by atoms with Crippen molar-refractivity contribution in [3.8, 4) is 5.75 Å². The maximum Gasteiger partial charge on any atom is 0.308 e. The van der Waals surface area contributed by atoms with E-state index in [1.807, 2.05) is 13.0 Å². The van der Waals surface area contributed by atoms with E-state index in [1.54, 1.807) is 36.4 Å². The highest BCUT2D eigenvalue weighted by atomic mass is 32.2. The lowest BCUT2D eigenvalue weighted by Gasteiger charge is -2.28. The topological polar surface area (TPSA) is 92.8 Å². The van der Waals surface area contributed by atoms with Crippen LogP contribution in [0.5, 0.6) is 5.75 Å². The third-order valence-corrected chi connectivity index (χ3v) is 6.70. The molecule has 0 saturated carbocycles. The number of nitrogens with zero attached hydrogens (tertiary/aromatic N) is 1. The van der Waals surface area contributed by atoms with Crippen LogP contribution in [0.1, 0.15) is 41.8 Å². The van der Waals surface area contributed by atoms with Crippen molar-refractivity contribution < 1.29 is 22.7 Å². The van der Waals surface area contributed by atoms with Gasteiger partial charge < -0.3 is 10.1 Å². The van der Waals surface area contributed by atoms with Crippen LogP contribution in [0.25, 0.3) is 0 Å². The average Bonchev–Trinajstić information content (AvgIpc) is 2.67. The van der Waals surface area contributed by atoms with Crippen LogP contribution in [-0.2, 0) is 27.8 Å². The Balaban J connectivity index is 1.79. The minimum absolute atomic E-state index is 0.131. The molecule has 1 amide bonds. The molecule has 0 radical (unpaired) electrons. The van der Waals surface area contributed by atoms with E-state index < -0.39 is 21.9 Å². The molecule has 1 aliphatic rings. The molecule has 7 nitrogen and oxygen atoms in total. The van der Waals surface area contributed by atoms with Gasteiger partial charge in [0.2, 0.25) is 10.0 Å². The molecular weight excluding hydrogens is 392 g/mol. The lowest BCUT2D eigenvalue weighted by atomic mass is 10.0. The van der Waals surface area contributed by atoms with Gasteiger partial charge in [0.1, 0.15) is 5.75 Å². The van der Waals surface area contributed by atoms with Crippen LogP contribution in [-0.4, -0.2) is 36.9 Å². The summed E-state index contributed by atoms with van der Waals surface area (Å²) >= 11 is 0. The Labute approximate surface area is 170 Å². The Morgan fingerprint density at radius 2 is 1.90 bits per heavy atom. The number of ether oxygens (including phenoxy) is 1. The Morgan fingerprint density at radius 3 is 2.62 bits per heavy atom. The van der Waals surface area contributed by atoms with Crippen LogP contribution >= 0.6 is 0 Å². The number of rotatable bonds is 6. The van der Waals surface area contributed by atoms with Crippen molar-refractivity contribution in [1.29, 1.82) is 0 Å². The molecule has 1 aliphatic heterocycles. The fourth-order valence-corrected chi connectivity index (χ4v) is 4.81. The van der Waals surface area contributed by atoms with E-state index in [0.717, 1.165) is 11.1 Å². The molecule has 0 unspecified atom stereocenters. The highest BCUT2D eigenvalue weighted by molar-refractivity contribution is 7.89. The first-order chi connectivity index (χ1) is 13.8. The number of amides is 1. The van der Waals surface area contributed by atoms with Crippen molar-refractivity contribution in [2.24, 2.45) is 0 Å². The number of carbonyl (C=O) groups excluding carboxylic acids is 2. The number of fused-ring (bicyclic) bond motifs is 1. The van der Waals surface area contributed by atoms with Gasteiger partial charge in [0.25, 0.3) is 5.91 Å². The highest BCUT2D eigenvalue weighted by Crippen LogP contribution is 2.26. The second-order valence-electron chi connectivity index (χ2n) is 6.93. The molecule has 0 spiro atoms. The summed E-state index contributed by atoms with van der Waals surface area (Å²) in [4.78, 5) is 23.9. The molecule has 2 aromatic rings. The van der Waals surface area contributed by atoms with E-state index in [0.29, 0.717) is 31.6 Å². The quantitative estimate of drug-likeness (QED) is 0.577. The van der Waals surface area contributed by atoms with Gasteiger partial charge in [-0.05, 0) is 48.2 Å². The molecule has 0 saturated heterocycles. The van der Waals surface area contributed by atoms with E-state index >= 15 is 0 Å². The molecule has 2 aromatic carbocycles. The molecule has 154 valence electrons. The maximum atomic E-state index is 12.7. The maximum absolute atomic E-state index is 12.7. The smallest absolute Gasteiger partial charge is 0.308 e. The number of para-hydroxylation sites is 1. The Kier molecular flexibility index (Phi) is 6.34. The Hall–Kier alpha value is -2.71. The van der Waals surface area contributed by atoms with Gasteiger partial charge in [-0.2, -0.15) is 4.31 Å². The number of benzene rings is 2. The molecule has 29 heavy (non-hydrogen) atoms. The number of esters is 1. The third-order valence-electron chi connectivity index (χ3n) is 4.68. The fourth-order valence-electron chi connectivity index (χ4n) is 3.33. The molecule has 0 atom stereocenters. The number of sulfonamides is 1. The monoisotopic (exact) mass is 416 g/mol. The predicted molar refractivity (Wildman–Crippen MR) is 110 cm³/mol. The summed E-state index contributed by atoms with van der Waals surface area (Å²) in [5.41, 5.74) is 2.75. The van der Waals surface area contributed by atoms with E-state index in [1.165, 1.54) is 11.2 Å². The standard InChI is InChI=1S/C21H24N2O5S/c1-3-12-29(26,27)23-11-10-16-8-9-18(13-17(16)14-23)22-21(25)19-6-4-5-7-20(19)28-15(2)24/h4-9,13H,3,10-12,14H2,1-2H3,(H,22,25). The molecule has 1 N–H and O–H groups in total. The zero-order valence-electron chi connectivity index (χ0n) is 16.5. The van der Waals surface area contributed by atoms with E-state index in [2.05, 4.69) is 5.32 Å². The molecule has 0 aliphatic carbocycles. The normalized spacial score (nSPS) is 14.1. The lowest BCUT2D eigenvalue weighted by Crippen LogP contribution is -2.37. The molecule has 0 fully saturated rings. The van der Waals surface area contributed by atoms with Crippen LogP contribution in [0.2, 0.25) is 0 Å². The Bertz CT molecular complexity index is 1030. The van der Waals surface area contributed by atoms with E-state index in [-0.39, 0.29) is 17.1 Å². The van der Waals surface area contributed by atoms with Crippen LogP contribution in [0.15, 0.2) is 42.5 Å². The van der Waals surface area contributed by atoms with Gasteiger partial charge in [0, 0.05) is 25.7 Å². The van der Waals surface area contributed by atoms with Gasteiger partial charge in [-0.1, -0.05) is 25.1 Å². The van der Waals surface area contributed by atoms with Gasteiger partial charge >= 0.3 is 5.97 Å². The second kappa shape index (κ2) is 8.75. The van der Waals surface area contributed by atoms with Crippen LogP contribution in [0.3, 0.4) is 0 Å². The van der Waals surface area contributed by atoms with Crippen LogP contribution in [0, 0.1) is 0 Å². The highest BCUT2D eigenvalue weighted by Gasteiger charge is 2.26. The van der Waals surface area contributed by atoms with Crippen molar-refractivity contribution in [1.82, 2.24) is 4.31 Å². The summed E-state index contributed by atoms with van der Waals surface area (Å²) in [6.07, 6.45) is 1.21. The minimum atomic E-state index is -3.27. The molecule has 3 rings (SSSR count). The van der Waals surface area contributed by atoms with Crippen molar-refractivity contribution in [2.75, 3.05) is 17.6 Å². The van der Waals surface area contributed by atoms with Crippen LogP contribution in [0.4, 0.5) is 5.69 Å². The predicted octanol–water partition coefficient (Wildman–Crippen LogP) is 2.96. The number of hydrogen-bond acceptors (Lipinski definition) is 5. The molecular formula is C21H24N2O5S. The minimum Gasteiger partial charge on any atom is -0.426 e. The summed E-state index contributed by atoms with van der Waals surface area (Å²) in [7, 11) is -3.27. The SMILES string of the molecule is CCCS(=O)(=O)N1CCc2ccc(NC(=O)c3ccccc3OC(C)=O)cc2C1. The summed E-state index contributed by atoms with van der Waals surface area (Å²) < 4.78 is 31.4.